The Morgan fingerprint density at radius 3 is 2.52 bits per heavy atom. The van der Waals surface area contributed by atoms with E-state index >= 15 is 0 Å². The SMILES string of the molecule is CCOC(=O)[C@H](O)CNC(=O)c1ncc(C(=O)OC(C)(C)C)c(=O)[nH]1. The van der Waals surface area contributed by atoms with Gasteiger partial charge in [0.2, 0.25) is 0 Å². The van der Waals surface area contributed by atoms with Crippen LogP contribution in [0.2, 0.25) is 0 Å². The fraction of sp³-hybridized carbons (Fsp3) is 0.533. The average Bonchev–Trinajstić information content (AvgIpc) is 2.50. The van der Waals surface area contributed by atoms with Crippen LogP contribution in [0.15, 0.2) is 11.0 Å². The first-order valence-corrected chi connectivity index (χ1v) is 7.50. The Labute approximate surface area is 143 Å². The molecule has 0 saturated carbocycles. The third-order valence-electron chi connectivity index (χ3n) is 2.65. The van der Waals surface area contributed by atoms with E-state index in [2.05, 4.69) is 20.0 Å². The molecule has 1 heterocycles. The second-order valence-corrected chi connectivity index (χ2v) is 5.95. The number of aromatic amines is 1. The number of nitrogens with one attached hydrogen (secondary N) is 2. The number of hydrogen-bond acceptors (Lipinski definition) is 8. The van der Waals surface area contributed by atoms with E-state index in [1.165, 1.54) is 0 Å². The van der Waals surface area contributed by atoms with Crippen LogP contribution in [0.25, 0.3) is 0 Å². The first kappa shape index (κ1) is 20.3. The molecule has 25 heavy (non-hydrogen) atoms. The zero-order chi connectivity index (χ0) is 19.2. The van der Waals surface area contributed by atoms with Gasteiger partial charge in [-0.3, -0.25) is 9.59 Å². The first-order valence-electron chi connectivity index (χ1n) is 7.50. The molecule has 3 N–H and O–H groups in total. The summed E-state index contributed by atoms with van der Waals surface area (Å²) in [5.74, 6) is -2.97. The van der Waals surface area contributed by atoms with Crippen LogP contribution in [0, 0.1) is 0 Å². The van der Waals surface area contributed by atoms with Crippen molar-refractivity contribution >= 4 is 17.8 Å². The second-order valence-electron chi connectivity index (χ2n) is 5.95. The number of rotatable bonds is 6. The smallest absolute Gasteiger partial charge is 0.345 e. The van der Waals surface area contributed by atoms with Gasteiger partial charge in [0.1, 0.15) is 11.2 Å². The number of ether oxygens (including phenoxy) is 2. The molecule has 0 aliphatic heterocycles. The third-order valence-corrected chi connectivity index (χ3v) is 2.65. The highest BCUT2D eigenvalue weighted by Gasteiger charge is 2.22. The summed E-state index contributed by atoms with van der Waals surface area (Å²) in [6, 6.07) is 0. The van der Waals surface area contributed by atoms with Crippen molar-refractivity contribution in [2.24, 2.45) is 0 Å². The van der Waals surface area contributed by atoms with Crippen molar-refractivity contribution in [1.29, 1.82) is 0 Å². The lowest BCUT2D eigenvalue weighted by atomic mass is 10.2. The van der Waals surface area contributed by atoms with Crippen LogP contribution in [0.3, 0.4) is 0 Å². The van der Waals surface area contributed by atoms with Crippen molar-refractivity contribution in [1.82, 2.24) is 15.3 Å². The Bertz CT molecular complexity index is 706. The molecule has 10 nitrogen and oxygen atoms in total. The molecule has 0 radical (unpaired) electrons. The number of esters is 2. The van der Waals surface area contributed by atoms with Crippen LogP contribution in [-0.4, -0.2) is 57.8 Å². The summed E-state index contributed by atoms with van der Waals surface area (Å²) in [4.78, 5) is 52.7. The van der Waals surface area contributed by atoms with Crippen molar-refractivity contribution in [3.05, 3.63) is 27.9 Å². The van der Waals surface area contributed by atoms with Crippen LogP contribution in [-0.2, 0) is 14.3 Å². The van der Waals surface area contributed by atoms with Gasteiger partial charge in [-0.1, -0.05) is 0 Å². The molecule has 1 aromatic heterocycles. The summed E-state index contributed by atoms with van der Waals surface area (Å²) in [7, 11) is 0. The largest absolute Gasteiger partial charge is 0.464 e. The minimum atomic E-state index is -1.54. The average molecular weight is 355 g/mol. The van der Waals surface area contributed by atoms with Crippen molar-refractivity contribution in [3.63, 3.8) is 0 Å². The fourth-order valence-electron chi connectivity index (χ4n) is 1.58. The number of aliphatic hydroxyl groups is 1. The predicted octanol–water partition coefficient (Wildman–Crippen LogP) is -0.621. The van der Waals surface area contributed by atoms with Gasteiger partial charge >= 0.3 is 11.9 Å². The summed E-state index contributed by atoms with van der Waals surface area (Å²) < 4.78 is 9.63. The van der Waals surface area contributed by atoms with Crippen LogP contribution < -0.4 is 10.9 Å². The molecule has 138 valence electrons. The standard InChI is InChI=1S/C15H21N3O7/c1-5-24-14(23)9(19)7-17-12(21)10-16-6-8(11(20)18-10)13(22)25-15(2,3)4/h6,9,19H,5,7H2,1-4H3,(H,17,21)(H,16,18,20)/t9-/m1/s1. The van der Waals surface area contributed by atoms with Crippen LogP contribution in [0.1, 0.15) is 48.7 Å². The molecule has 10 heteroatoms. The molecule has 0 fully saturated rings. The third kappa shape index (κ3) is 6.34. The summed E-state index contributed by atoms with van der Waals surface area (Å²) >= 11 is 0. The molecule has 0 aliphatic carbocycles. The maximum absolute atomic E-state index is 11.9. The highest BCUT2D eigenvalue weighted by molar-refractivity contribution is 5.92. The van der Waals surface area contributed by atoms with Gasteiger partial charge in [-0.2, -0.15) is 0 Å². The summed E-state index contributed by atoms with van der Waals surface area (Å²) in [5.41, 5.74) is -1.98. The number of aliphatic hydroxyl groups excluding tert-OH is 1. The van der Waals surface area contributed by atoms with E-state index in [0.29, 0.717) is 0 Å². The van der Waals surface area contributed by atoms with Crippen molar-refractivity contribution in [2.45, 2.75) is 39.4 Å². The van der Waals surface area contributed by atoms with Gasteiger partial charge in [0.15, 0.2) is 11.9 Å². The summed E-state index contributed by atoms with van der Waals surface area (Å²) in [6.07, 6.45) is -0.625. The monoisotopic (exact) mass is 355 g/mol. The lowest BCUT2D eigenvalue weighted by molar-refractivity contribution is -0.152. The van der Waals surface area contributed by atoms with E-state index in [1.807, 2.05) is 0 Å². The van der Waals surface area contributed by atoms with Gasteiger partial charge in [0, 0.05) is 6.20 Å². The first-order chi connectivity index (χ1) is 11.5. The quantitative estimate of drug-likeness (QED) is 0.572. The molecule has 1 rings (SSSR count). The number of nitrogens with zero attached hydrogens (tertiary/aromatic N) is 1. The molecule has 1 aromatic rings. The van der Waals surface area contributed by atoms with E-state index in [4.69, 9.17) is 4.74 Å². The van der Waals surface area contributed by atoms with E-state index in [0.717, 1.165) is 6.20 Å². The molecule has 1 atom stereocenters. The zero-order valence-corrected chi connectivity index (χ0v) is 14.4. The molecule has 0 unspecified atom stereocenters. The normalized spacial score (nSPS) is 12.2. The molecule has 0 spiro atoms. The van der Waals surface area contributed by atoms with E-state index in [9.17, 15) is 24.3 Å². The Hall–Kier alpha value is -2.75. The Kier molecular flexibility index (Phi) is 6.80. The molecule has 0 aromatic carbocycles. The fourth-order valence-corrected chi connectivity index (χ4v) is 1.58. The lowest BCUT2D eigenvalue weighted by Crippen LogP contribution is -2.39. The van der Waals surface area contributed by atoms with E-state index in [-0.39, 0.29) is 18.0 Å². The number of aromatic nitrogens is 2. The van der Waals surface area contributed by atoms with Crippen molar-refractivity contribution in [3.8, 4) is 0 Å². The minimum Gasteiger partial charge on any atom is -0.464 e. The Balaban J connectivity index is 2.76. The minimum absolute atomic E-state index is 0.0881. The molecular weight excluding hydrogens is 334 g/mol. The van der Waals surface area contributed by atoms with Gasteiger partial charge in [0.05, 0.1) is 13.2 Å². The summed E-state index contributed by atoms with van der Waals surface area (Å²) in [5, 5.41) is 11.7. The highest BCUT2D eigenvalue weighted by Crippen LogP contribution is 2.09. The van der Waals surface area contributed by atoms with Gasteiger partial charge in [-0.05, 0) is 27.7 Å². The second kappa shape index (κ2) is 8.38. The number of carbonyl (C=O) groups excluding carboxylic acids is 3. The summed E-state index contributed by atoms with van der Waals surface area (Å²) in [6.45, 7) is 6.17. The van der Waals surface area contributed by atoms with Crippen LogP contribution in [0.4, 0.5) is 0 Å². The molecule has 0 bridgehead atoms. The number of hydrogen-bond donors (Lipinski definition) is 3. The molecule has 0 saturated heterocycles. The van der Waals surface area contributed by atoms with E-state index in [1.54, 1.807) is 27.7 Å². The lowest BCUT2D eigenvalue weighted by Gasteiger charge is -2.18. The van der Waals surface area contributed by atoms with Crippen LogP contribution in [0.5, 0.6) is 0 Å². The molecular formula is C15H21N3O7. The van der Waals surface area contributed by atoms with Crippen LogP contribution >= 0.6 is 0 Å². The zero-order valence-electron chi connectivity index (χ0n) is 14.4. The van der Waals surface area contributed by atoms with E-state index < -0.39 is 41.7 Å². The van der Waals surface area contributed by atoms with Crippen molar-refractivity contribution in [2.75, 3.05) is 13.2 Å². The topological polar surface area (TPSA) is 148 Å². The number of carbonyl (C=O) groups is 3. The maximum atomic E-state index is 11.9. The number of amides is 1. The Morgan fingerprint density at radius 2 is 2.00 bits per heavy atom. The highest BCUT2D eigenvalue weighted by atomic mass is 16.6. The van der Waals surface area contributed by atoms with Crippen molar-refractivity contribution < 1.29 is 29.0 Å². The van der Waals surface area contributed by atoms with Gasteiger partial charge < -0.3 is 24.9 Å². The van der Waals surface area contributed by atoms with Gasteiger partial charge in [0.25, 0.3) is 11.5 Å². The predicted molar refractivity (Wildman–Crippen MR) is 85.0 cm³/mol. The van der Waals surface area contributed by atoms with Gasteiger partial charge in [-0.25, -0.2) is 14.6 Å². The molecule has 1 amide bonds. The van der Waals surface area contributed by atoms with Gasteiger partial charge in [-0.15, -0.1) is 0 Å². The maximum Gasteiger partial charge on any atom is 0.345 e. The Morgan fingerprint density at radius 1 is 1.36 bits per heavy atom. The molecule has 0 aliphatic rings. The number of H-pyrrole nitrogens is 1.